The summed E-state index contributed by atoms with van der Waals surface area (Å²) in [5.41, 5.74) is 3.92. The highest BCUT2D eigenvalue weighted by atomic mass is 16.2. The Morgan fingerprint density at radius 1 is 0.957 bits per heavy atom. The summed E-state index contributed by atoms with van der Waals surface area (Å²) in [5, 5.41) is 1.49. The first kappa shape index (κ1) is 15.3. The van der Waals surface area contributed by atoms with Gasteiger partial charge in [0.05, 0.1) is 6.04 Å². The van der Waals surface area contributed by atoms with Crippen LogP contribution in [0.5, 0.6) is 0 Å². The largest absolute Gasteiger partial charge is 0.272 e. The maximum atomic E-state index is 12.8. The fraction of sp³-hybridized carbons (Fsp3) is 0.263. The van der Waals surface area contributed by atoms with Crippen molar-refractivity contribution in [2.75, 3.05) is 0 Å². The van der Waals surface area contributed by atoms with Gasteiger partial charge in [-0.15, -0.1) is 0 Å². The number of benzene rings is 2. The van der Waals surface area contributed by atoms with Crippen molar-refractivity contribution in [3.8, 4) is 0 Å². The van der Waals surface area contributed by atoms with E-state index in [9.17, 15) is 9.59 Å². The number of hydrogen-bond donors (Lipinski definition) is 1. The predicted octanol–water partition coefficient (Wildman–Crippen LogP) is 3.27. The minimum Gasteiger partial charge on any atom is -0.267 e. The molecule has 2 aromatic carbocycles. The predicted molar refractivity (Wildman–Crippen MR) is 88.7 cm³/mol. The third-order valence-corrected chi connectivity index (χ3v) is 4.21. The molecule has 2 amide bonds. The first-order chi connectivity index (χ1) is 11.2. The van der Waals surface area contributed by atoms with E-state index >= 15 is 0 Å². The van der Waals surface area contributed by atoms with E-state index < -0.39 is 0 Å². The molecule has 4 heteroatoms. The van der Waals surface area contributed by atoms with Crippen LogP contribution in [0.25, 0.3) is 0 Å². The highest BCUT2D eigenvalue weighted by molar-refractivity contribution is 5.99. The molecule has 4 nitrogen and oxygen atoms in total. The summed E-state index contributed by atoms with van der Waals surface area (Å²) in [4.78, 5) is 25.2. The quantitative estimate of drug-likeness (QED) is 0.881. The second kappa shape index (κ2) is 6.65. The van der Waals surface area contributed by atoms with Crippen LogP contribution in [0.4, 0.5) is 0 Å². The van der Waals surface area contributed by atoms with Gasteiger partial charge < -0.3 is 0 Å². The van der Waals surface area contributed by atoms with Crippen molar-refractivity contribution in [2.24, 2.45) is 5.92 Å². The molecule has 0 heterocycles. The van der Waals surface area contributed by atoms with Crippen LogP contribution >= 0.6 is 0 Å². The molecule has 1 unspecified atom stereocenters. The second-order valence-corrected chi connectivity index (χ2v) is 5.93. The zero-order valence-electron chi connectivity index (χ0n) is 13.1. The van der Waals surface area contributed by atoms with Crippen LogP contribution < -0.4 is 5.43 Å². The monoisotopic (exact) mass is 308 g/mol. The summed E-state index contributed by atoms with van der Waals surface area (Å²) in [6, 6.07) is 18.0. The average molecular weight is 308 g/mol. The molecule has 1 aliphatic rings. The van der Waals surface area contributed by atoms with Gasteiger partial charge in [-0.05, 0) is 49.9 Å². The normalized spacial score (nSPS) is 14.8. The molecule has 3 rings (SSSR count). The van der Waals surface area contributed by atoms with Crippen molar-refractivity contribution < 1.29 is 9.59 Å². The number of nitrogens with zero attached hydrogens (tertiary/aromatic N) is 1. The average Bonchev–Trinajstić information content (AvgIpc) is 3.45. The summed E-state index contributed by atoms with van der Waals surface area (Å²) in [6.07, 6.45) is 2.20. The van der Waals surface area contributed by atoms with Gasteiger partial charge in [0.15, 0.2) is 0 Å². The molecule has 0 spiro atoms. The Morgan fingerprint density at radius 2 is 1.48 bits per heavy atom. The molecule has 1 N–H and O–H groups in total. The van der Waals surface area contributed by atoms with E-state index in [1.54, 1.807) is 24.3 Å². The fourth-order valence-corrected chi connectivity index (χ4v) is 2.61. The van der Waals surface area contributed by atoms with E-state index in [1.165, 1.54) is 5.01 Å². The van der Waals surface area contributed by atoms with Gasteiger partial charge in [-0.3, -0.25) is 15.0 Å². The van der Waals surface area contributed by atoms with E-state index in [1.807, 2.05) is 43.3 Å². The van der Waals surface area contributed by atoms with E-state index in [2.05, 4.69) is 5.43 Å². The zero-order chi connectivity index (χ0) is 16.2. The molecule has 23 heavy (non-hydrogen) atoms. The molecule has 0 saturated heterocycles. The number of hydrazine groups is 1. The summed E-state index contributed by atoms with van der Waals surface area (Å²) < 4.78 is 0. The number of rotatable bonds is 4. The molecule has 118 valence electrons. The van der Waals surface area contributed by atoms with Crippen LogP contribution in [0.1, 0.15) is 40.5 Å². The van der Waals surface area contributed by atoms with Crippen LogP contribution in [-0.4, -0.2) is 22.9 Å². The molecule has 0 aliphatic heterocycles. The molecule has 0 aromatic heterocycles. The lowest BCUT2D eigenvalue weighted by atomic mass is 10.1. The Hall–Kier alpha value is -2.62. The lowest BCUT2D eigenvalue weighted by Crippen LogP contribution is -2.51. The number of hydrogen-bond acceptors (Lipinski definition) is 2. The summed E-state index contributed by atoms with van der Waals surface area (Å²) in [5.74, 6) is 0.0235. The summed E-state index contributed by atoms with van der Waals surface area (Å²) in [7, 11) is 0. The SMILES string of the molecule is CC(C1CC1)N(NC(=O)c1ccccc1)C(=O)c1ccccc1. The summed E-state index contributed by atoms with van der Waals surface area (Å²) in [6.45, 7) is 1.99. The number of amides is 2. The van der Waals surface area contributed by atoms with Crippen LogP contribution in [-0.2, 0) is 0 Å². The first-order valence-corrected chi connectivity index (χ1v) is 7.91. The molecular weight excluding hydrogens is 288 g/mol. The number of nitrogens with one attached hydrogen (secondary N) is 1. The van der Waals surface area contributed by atoms with Gasteiger partial charge in [-0.1, -0.05) is 36.4 Å². The Bertz CT molecular complexity index is 681. The van der Waals surface area contributed by atoms with Gasteiger partial charge in [-0.25, -0.2) is 5.01 Å². The van der Waals surface area contributed by atoms with Gasteiger partial charge >= 0.3 is 0 Å². The third kappa shape index (κ3) is 3.59. The maximum Gasteiger partial charge on any atom is 0.272 e. The number of carbonyl (C=O) groups is 2. The third-order valence-electron chi connectivity index (χ3n) is 4.21. The molecule has 1 atom stereocenters. The van der Waals surface area contributed by atoms with E-state index in [0.717, 1.165) is 12.8 Å². The van der Waals surface area contributed by atoms with Crippen LogP contribution in [0, 0.1) is 5.92 Å². The smallest absolute Gasteiger partial charge is 0.267 e. The van der Waals surface area contributed by atoms with E-state index in [0.29, 0.717) is 17.0 Å². The van der Waals surface area contributed by atoms with E-state index in [4.69, 9.17) is 0 Å². The van der Waals surface area contributed by atoms with Crippen LogP contribution in [0.2, 0.25) is 0 Å². The molecule has 1 aliphatic carbocycles. The second-order valence-electron chi connectivity index (χ2n) is 5.93. The summed E-state index contributed by atoms with van der Waals surface area (Å²) >= 11 is 0. The molecule has 2 aromatic rings. The van der Waals surface area contributed by atoms with Crippen molar-refractivity contribution in [1.82, 2.24) is 10.4 Å². The number of carbonyl (C=O) groups excluding carboxylic acids is 2. The Kier molecular flexibility index (Phi) is 4.42. The van der Waals surface area contributed by atoms with Crippen molar-refractivity contribution in [1.29, 1.82) is 0 Å². The van der Waals surface area contributed by atoms with Crippen LogP contribution in [0.3, 0.4) is 0 Å². The van der Waals surface area contributed by atoms with Gasteiger partial charge in [0.1, 0.15) is 0 Å². The van der Waals surface area contributed by atoms with E-state index in [-0.39, 0.29) is 17.9 Å². The minimum absolute atomic E-state index is 0.0182. The molecule has 0 radical (unpaired) electrons. The van der Waals surface area contributed by atoms with Gasteiger partial charge in [0.2, 0.25) is 0 Å². The van der Waals surface area contributed by atoms with Crippen LogP contribution in [0.15, 0.2) is 60.7 Å². The van der Waals surface area contributed by atoms with Crippen molar-refractivity contribution in [2.45, 2.75) is 25.8 Å². The topological polar surface area (TPSA) is 49.4 Å². The highest BCUT2D eigenvalue weighted by Gasteiger charge is 2.35. The van der Waals surface area contributed by atoms with Gasteiger partial charge in [0, 0.05) is 11.1 Å². The maximum absolute atomic E-state index is 12.8. The van der Waals surface area contributed by atoms with Crippen molar-refractivity contribution in [3.05, 3.63) is 71.8 Å². The molecule has 1 fully saturated rings. The Balaban J connectivity index is 1.81. The zero-order valence-corrected chi connectivity index (χ0v) is 13.1. The lowest BCUT2D eigenvalue weighted by Gasteiger charge is -2.29. The highest BCUT2D eigenvalue weighted by Crippen LogP contribution is 2.35. The molecule has 1 saturated carbocycles. The van der Waals surface area contributed by atoms with Crippen molar-refractivity contribution in [3.63, 3.8) is 0 Å². The Labute approximate surface area is 136 Å². The van der Waals surface area contributed by atoms with Crippen molar-refractivity contribution >= 4 is 11.8 Å². The van der Waals surface area contributed by atoms with Gasteiger partial charge in [0.25, 0.3) is 11.8 Å². The minimum atomic E-state index is -0.262. The first-order valence-electron chi connectivity index (χ1n) is 7.91. The Morgan fingerprint density at radius 3 is 2.00 bits per heavy atom. The molecular formula is C19H20N2O2. The lowest BCUT2D eigenvalue weighted by molar-refractivity contribution is 0.0473. The fourth-order valence-electron chi connectivity index (χ4n) is 2.61. The standard InChI is InChI=1S/C19H20N2O2/c1-14(15-12-13-15)21(19(23)17-10-6-3-7-11-17)20-18(22)16-8-4-2-5-9-16/h2-11,14-15H,12-13H2,1H3,(H,20,22). The van der Waals surface area contributed by atoms with Gasteiger partial charge in [-0.2, -0.15) is 0 Å². The molecule has 0 bridgehead atoms.